The number of rotatable bonds is 8. The zero-order chi connectivity index (χ0) is 23.5. The standard InChI is InChI=1S/C23H27N5O5/c1-12(29)19(13-5-6-24-9-13)28-23(30)15-10-25-22-20(15)27-16(11-26-22)14-7-17(31-2)21(33-4)18(8-14)32-3/h7-8,10-11,13,19,24H,5-6,9H2,1-4H3,(H,25,26)(H,28,30). The van der Waals surface area contributed by atoms with Gasteiger partial charge in [0.1, 0.15) is 5.52 Å². The van der Waals surface area contributed by atoms with Crippen molar-refractivity contribution in [1.29, 1.82) is 0 Å². The van der Waals surface area contributed by atoms with Gasteiger partial charge in [-0.1, -0.05) is 0 Å². The third-order valence-corrected chi connectivity index (χ3v) is 5.88. The second-order valence-electron chi connectivity index (χ2n) is 7.88. The molecule has 0 radical (unpaired) electrons. The van der Waals surface area contributed by atoms with Crippen LogP contribution in [-0.2, 0) is 4.79 Å². The lowest BCUT2D eigenvalue weighted by Gasteiger charge is -2.21. The maximum Gasteiger partial charge on any atom is 0.255 e. The molecule has 3 N–H and O–H groups in total. The van der Waals surface area contributed by atoms with Crippen molar-refractivity contribution in [2.45, 2.75) is 19.4 Å². The first kappa shape index (κ1) is 22.5. The first-order chi connectivity index (χ1) is 16.0. The Balaban J connectivity index is 1.69. The van der Waals surface area contributed by atoms with E-state index in [4.69, 9.17) is 14.2 Å². The summed E-state index contributed by atoms with van der Waals surface area (Å²) >= 11 is 0. The summed E-state index contributed by atoms with van der Waals surface area (Å²) in [7, 11) is 4.61. The van der Waals surface area contributed by atoms with E-state index < -0.39 is 6.04 Å². The molecule has 33 heavy (non-hydrogen) atoms. The smallest absolute Gasteiger partial charge is 0.255 e. The van der Waals surface area contributed by atoms with Gasteiger partial charge in [-0.15, -0.1) is 0 Å². The molecule has 10 heteroatoms. The number of H-pyrrole nitrogens is 1. The van der Waals surface area contributed by atoms with Gasteiger partial charge in [-0.3, -0.25) is 9.59 Å². The number of hydrogen-bond donors (Lipinski definition) is 3. The number of nitrogens with one attached hydrogen (secondary N) is 3. The molecule has 0 spiro atoms. The number of hydrogen-bond acceptors (Lipinski definition) is 8. The number of ether oxygens (including phenoxy) is 3. The fourth-order valence-electron chi connectivity index (χ4n) is 4.16. The molecule has 1 saturated heterocycles. The van der Waals surface area contributed by atoms with Crippen LogP contribution in [0, 0.1) is 5.92 Å². The molecule has 0 bridgehead atoms. The molecule has 10 nitrogen and oxygen atoms in total. The molecule has 2 unspecified atom stereocenters. The first-order valence-corrected chi connectivity index (χ1v) is 10.6. The quantitative estimate of drug-likeness (QED) is 0.472. The van der Waals surface area contributed by atoms with Gasteiger partial charge in [-0.05, 0) is 37.9 Å². The number of carbonyl (C=O) groups is 2. The van der Waals surface area contributed by atoms with Crippen LogP contribution in [0.1, 0.15) is 23.7 Å². The molecule has 1 aliphatic rings. The molecule has 1 aliphatic heterocycles. The molecule has 3 aromatic rings. The summed E-state index contributed by atoms with van der Waals surface area (Å²) in [5.74, 6) is 1.06. The van der Waals surface area contributed by atoms with Gasteiger partial charge in [0.05, 0.1) is 44.8 Å². The van der Waals surface area contributed by atoms with Crippen LogP contribution < -0.4 is 24.8 Å². The molecule has 2 atom stereocenters. The first-order valence-electron chi connectivity index (χ1n) is 10.6. The molecule has 4 rings (SSSR count). The van der Waals surface area contributed by atoms with Crippen LogP contribution >= 0.6 is 0 Å². The van der Waals surface area contributed by atoms with E-state index in [1.807, 2.05) is 0 Å². The number of ketones is 1. The molecule has 0 aliphatic carbocycles. The molecule has 1 fully saturated rings. The average Bonchev–Trinajstić information content (AvgIpc) is 3.50. The molecular weight excluding hydrogens is 426 g/mol. The maximum atomic E-state index is 13.1. The van der Waals surface area contributed by atoms with Gasteiger partial charge in [0.2, 0.25) is 5.75 Å². The fourth-order valence-corrected chi connectivity index (χ4v) is 4.16. The Bertz CT molecular complexity index is 1160. The summed E-state index contributed by atoms with van der Waals surface area (Å²) < 4.78 is 16.2. The van der Waals surface area contributed by atoms with E-state index in [0.717, 1.165) is 13.0 Å². The number of amides is 1. The van der Waals surface area contributed by atoms with Crippen LogP contribution in [0.5, 0.6) is 17.2 Å². The highest BCUT2D eigenvalue weighted by atomic mass is 16.5. The predicted octanol–water partition coefficient (Wildman–Crippen LogP) is 1.95. The topological polar surface area (TPSA) is 127 Å². The second kappa shape index (κ2) is 9.45. The summed E-state index contributed by atoms with van der Waals surface area (Å²) in [6.07, 6.45) is 4.00. The Morgan fingerprint density at radius 1 is 1.15 bits per heavy atom. The summed E-state index contributed by atoms with van der Waals surface area (Å²) in [5, 5.41) is 6.13. The largest absolute Gasteiger partial charge is 0.493 e. The summed E-state index contributed by atoms with van der Waals surface area (Å²) in [4.78, 5) is 37.4. The van der Waals surface area contributed by atoms with Gasteiger partial charge in [0.25, 0.3) is 5.91 Å². The molecule has 0 saturated carbocycles. The number of benzene rings is 1. The van der Waals surface area contributed by atoms with Gasteiger partial charge in [-0.25, -0.2) is 9.97 Å². The summed E-state index contributed by atoms with van der Waals surface area (Å²) in [5.41, 5.74) is 2.41. The van der Waals surface area contributed by atoms with E-state index in [9.17, 15) is 9.59 Å². The lowest BCUT2D eigenvalue weighted by atomic mass is 9.95. The van der Waals surface area contributed by atoms with Gasteiger partial charge in [-0.2, -0.15) is 0 Å². The third kappa shape index (κ3) is 4.34. The normalized spacial score (nSPS) is 16.4. The van der Waals surface area contributed by atoms with Gasteiger partial charge >= 0.3 is 0 Å². The van der Waals surface area contributed by atoms with Gasteiger partial charge in [0, 0.05) is 18.3 Å². The second-order valence-corrected chi connectivity index (χ2v) is 7.88. The molecule has 1 aromatic carbocycles. The summed E-state index contributed by atoms with van der Waals surface area (Å²) in [6.45, 7) is 3.03. The van der Waals surface area contributed by atoms with Crippen LogP contribution in [0.3, 0.4) is 0 Å². The SMILES string of the molecule is COc1cc(-c2cnc3[nH]cc(C(=O)NC(C(C)=O)C4CCNC4)c3n2)cc(OC)c1OC. The van der Waals surface area contributed by atoms with Crippen LogP contribution in [0.15, 0.2) is 24.5 Å². The van der Waals surface area contributed by atoms with Crippen molar-refractivity contribution in [1.82, 2.24) is 25.6 Å². The van der Waals surface area contributed by atoms with Crippen LogP contribution in [-0.4, -0.2) is 67.1 Å². The van der Waals surface area contributed by atoms with Crippen LogP contribution in [0.25, 0.3) is 22.4 Å². The molecule has 174 valence electrons. The molecule has 1 amide bonds. The van der Waals surface area contributed by atoms with E-state index in [1.165, 1.54) is 28.3 Å². The highest BCUT2D eigenvalue weighted by Gasteiger charge is 2.30. The highest BCUT2D eigenvalue weighted by Crippen LogP contribution is 2.40. The minimum Gasteiger partial charge on any atom is -0.493 e. The Kier molecular flexibility index (Phi) is 6.45. The number of Topliss-reactive ketones (excluding diaryl/α,β-unsaturated/α-hetero) is 1. The lowest BCUT2D eigenvalue weighted by molar-refractivity contribution is -0.119. The number of nitrogens with zero attached hydrogens (tertiary/aromatic N) is 2. The summed E-state index contributed by atoms with van der Waals surface area (Å²) in [6, 6.07) is 2.98. The van der Waals surface area contributed by atoms with E-state index in [0.29, 0.717) is 51.8 Å². The monoisotopic (exact) mass is 453 g/mol. The van der Waals surface area contributed by atoms with Gasteiger partial charge < -0.3 is 29.8 Å². The predicted molar refractivity (Wildman–Crippen MR) is 122 cm³/mol. The van der Waals surface area contributed by atoms with Gasteiger partial charge in [0.15, 0.2) is 22.9 Å². The minimum atomic E-state index is -0.552. The van der Waals surface area contributed by atoms with E-state index >= 15 is 0 Å². The number of aromatic amines is 1. The number of aromatic nitrogens is 3. The highest BCUT2D eigenvalue weighted by molar-refractivity contribution is 6.06. The van der Waals surface area contributed by atoms with Crippen molar-refractivity contribution in [2.24, 2.45) is 5.92 Å². The average molecular weight is 453 g/mol. The number of methoxy groups -OCH3 is 3. The fraction of sp³-hybridized carbons (Fsp3) is 0.391. The maximum absolute atomic E-state index is 13.1. The Hall–Kier alpha value is -3.66. The van der Waals surface area contributed by atoms with Crippen LogP contribution in [0.4, 0.5) is 0 Å². The van der Waals surface area contributed by atoms with E-state index in [2.05, 4.69) is 25.6 Å². The van der Waals surface area contributed by atoms with E-state index in [-0.39, 0.29) is 17.6 Å². The lowest BCUT2D eigenvalue weighted by Crippen LogP contribution is -2.45. The number of fused-ring (bicyclic) bond motifs is 1. The molecule has 3 heterocycles. The zero-order valence-electron chi connectivity index (χ0n) is 19.0. The Morgan fingerprint density at radius 3 is 2.45 bits per heavy atom. The molecular formula is C23H27N5O5. The van der Waals surface area contributed by atoms with Crippen molar-refractivity contribution in [3.05, 3.63) is 30.1 Å². The van der Waals surface area contributed by atoms with E-state index in [1.54, 1.807) is 24.5 Å². The van der Waals surface area contributed by atoms with Crippen LogP contribution in [0.2, 0.25) is 0 Å². The molecule has 2 aromatic heterocycles. The zero-order valence-corrected chi connectivity index (χ0v) is 19.0. The van der Waals surface area contributed by atoms with Crippen molar-refractivity contribution >= 4 is 22.9 Å². The van der Waals surface area contributed by atoms with Crippen molar-refractivity contribution in [3.8, 4) is 28.5 Å². The minimum absolute atomic E-state index is 0.0672. The van der Waals surface area contributed by atoms with Crippen molar-refractivity contribution in [3.63, 3.8) is 0 Å². The third-order valence-electron chi connectivity index (χ3n) is 5.88. The van der Waals surface area contributed by atoms with Crippen molar-refractivity contribution in [2.75, 3.05) is 34.4 Å². The Labute approximate surface area is 191 Å². The Morgan fingerprint density at radius 2 is 1.88 bits per heavy atom. The number of carbonyl (C=O) groups excluding carboxylic acids is 2. The van der Waals surface area contributed by atoms with Crippen molar-refractivity contribution < 1.29 is 23.8 Å².